The molecule has 102 valence electrons. The van der Waals surface area contributed by atoms with Gasteiger partial charge < -0.3 is 0 Å². The van der Waals surface area contributed by atoms with Gasteiger partial charge in [0.25, 0.3) is 0 Å². The first-order chi connectivity index (χ1) is 8.76. The second-order valence-corrected chi connectivity index (χ2v) is 8.77. The molecule has 0 radical (unpaired) electrons. The van der Waals surface area contributed by atoms with Gasteiger partial charge in [0.15, 0.2) is 0 Å². The normalized spacial score (nSPS) is 10.9. The average molecular weight is 391 g/mol. The fourth-order valence-electron chi connectivity index (χ4n) is 1.67. The fourth-order valence-corrected chi connectivity index (χ4v) is 4.95. The first-order valence-corrected chi connectivity index (χ1v) is 13.1. The highest BCUT2D eigenvalue weighted by molar-refractivity contribution is 8.69. The quantitative estimate of drug-likeness (QED) is 0.317. The summed E-state index contributed by atoms with van der Waals surface area (Å²) < 4.78 is 0. The Bertz CT molecular complexity index is 340. The summed E-state index contributed by atoms with van der Waals surface area (Å²) in [6, 6.07) is 4.52. The van der Waals surface area contributed by atoms with Gasteiger partial charge in [0.1, 0.15) is 0 Å². The third-order valence-electron chi connectivity index (χ3n) is 2.37. The molecule has 0 heterocycles. The van der Waals surface area contributed by atoms with Crippen LogP contribution in [0.2, 0.25) is 0 Å². The Labute approximate surface area is 146 Å². The van der Waals surface area contributed by atoms with Crippen molar-refractivity contribution in [1.29, 1.82) is 0 Å². The maximum atomic E-state index is 4.28. The molecule has 0 saturated heterocycles. The molecule has 1 aromatic carbocycles. The molecule has 8 heteroatoms. The van der Waals surface area contributed by atoms with Crippen molar-refractivity contribution >= 4 is 89.8 Å². The Hall–Kier alpha value is 2.02. The topological polar surface area (TPSA) is 0 Å². The SMILES string of the molecule is SSCc1cc(CSS)c(CSS)c(CSS)c1. The molecule has 0 atom stereocenters. The Morgan fingerprint density at radius 2 is 1.11 bits per heavy atom. The van der Waals surface area contributed by atoms with Crippen molar-refractivity contribution < 1.29 is 0 Å². The smallest absolute Gasteiger partial charge is 0.0292 e. The molecule has 0 nitrogen and oxygen atoms in total. The summed E-state index contributed by atoms with van der Waals surface area (Å²) in [5.74, 6) is 3.68. The zero-order valence-corrected chi connectivity index (χ0v) is 16.2. The molecule has 0 saturated carbocycles. The Balaban J connectivity index is 3.15. The molecular weight excluding hydrogens is 377 g/mol. The largest absolute Gasteiger partial charge is 0.111 e. The maximum Gasteiger partial charge on any atom is 0.0292 e. The zero-order chi connectivity index (χ0) is 13.4. The van der Waals surface area contributed by atoms with Gasteiger partial charge in [0.2, 0.25) is 0 Å². The lowest BCUT2D eigenvalue weighted by atomic mass is 10.0. The van der Waals surface area contributed by atoms with Gasteiger partial charge >= 0.3 is 0 Å². The van der Waals surface area contributed by atoms with E-state index in [9.17, 15) is 0 Å². The van der Waals surface area contributed by atoms with Gasteiger partial charge in [-0.1, -0.05) is 55.3 Å². The summed E-state index contributed by atoms with van der Waals surface area (Å²) in [6.07, 6.45) is 0. The number of thiol groups is 4. The Morgan fingerprint density at radius 3 is 1.50 bits per heavy atom. The molecule has 1 rings (SSSR count). The van der Waals surface area contributed by atoms with Crippen LogP contribution >= 0.6 is 89.8 Å². The minimum Gasteiger partial charge on any atom is -0.111 e. The summed E-state index contributed by atoms with van der Waals surface area (Å²) in [7, 11) is 6.22. The van der Waals surface area contributed by atoms with Crippen molar-refractivity contribution in [3.05, 3.63) is 34.4 Å². The van der Waals surface area contributed by atoms with Crippen LogP contribution in [0.25, 0.3) is 0 Å². The van der Waals surface area contributed by atoms with E-state index >= 15 is 0 Å². The van der Waals surface area contributed by atoms with Crippen molar-refractivity contribution in [3.8, 4) is 0 Å². The van der Waals surface area contributed by atoms with Crippen LogP contribution in [0.1, 0.15) is 22.3 Å². The molecule has 0 fully saturated rings. The second-order valence-electron chi connectivity index (χ2n) is 3.49. The summed E-state index contributed by atoms with van der Waals surface area (Å²) in [5.41, 5.74) is 5.41. The highest BCUT2D eigenvalue weighted by atomic mass is 33.1. The first-order valence-electron chi connectivity index (χ1n) is 4.95. The Kier molecular flexibility index (Phi) is 10.7. The third-order valence-corrected chi connectivity index (χ3v) is 5.68. The number of hydrogen-bond donors (Lipinski definition) is 4. The molecule has 0 spiro atoms. The predicted octanol–water partition coefficient (Wildman–Crippen LogP) is 6.00. The third kappa shape index (κ3) is 5.79. The van der Waals surface area contributed by atoms with Crippen LogP contribution in [0, 0.1) is 0 Å². The van der Waals surface area contributed by atoms with Gasteiger partial charge in [0.05, 0.1) is 0 Å². The first kappa shape index (κ1) is 18.1. The van der Waals surface area contributed by atoms with E-state index in [4.69, 9.17) is 0 Å². The minimum atomic E-state index is 0.919. The van der Waals surface area contributed by atoms with Crippen LogP contribution in [0.4, 0.5) is 0 Å². The van der Waals surface area contributed by atoms with Crippen LogP contribution in [0.3, 0.4) is 0 Å². The molecule has 0 aromatic heterocycles. The zero-order valence-electron chi connectivity index (χ0n) is 9.40. The lowest BCUT2D eigenvalue weighted by molar-refractivity contribution is 1.18. The van der Waals surface area contributed by atoms with Gasteiger partial charge in [-0.15, -0.1) is 46.6 Å². The molecule has 0 aliphatic rings. The van der Waals surface area contributed by atoms with E-state index in [0.29, 0.717) is 0 Å². The lowest BCUT2D eigenvalue weighted by Gasteiger charge is -2.15. The molecule has 18 heavy (non-hydrogen) atoms. The van der Waals surface area contributed by atoms with Crippen LogP contribution in [0.15, 0.2) is 12.1 Å². The monoisotopic (exact) mass is 390 g/mol. The Morgan fingerprint density at radius 1 is 0.667 bits per heavy atom. The van der Waals surface area contributed by atoms with Crippen molar-refractivity contribution in [2.75, 3.05) is 0 Å². The van der Waals surface area contributed by atoms with E-state index in [-0.39, 0.29) is 0 Å². The predicted molar refractivity (Wildman–Crippen MR) is 108 cm³/mol. The molecular formula is C10H14S8. The molecule has 0 aliphatic heterocycles. The number of benzene rings is 1. The van der Waals surface area contributed by atoms with Gasteiger partial charge in [-0.3, -0.25) is 0 Å². The van der Waals surface area contributed by atoms with Crippen LogP contribution in [-0.2, 0) is 23.0 Å². The van der Waals surface area contributed by atoms with Gasteiger partial charge in [0, 0.05) is 23.0 Å². The molecule has 0 amide bonds. The number of hydrogen-bond acceptors (Lipinski definition) is 8. The van der Waals surface area contributed by atoms with Crippen molar-refractivity contribution in [2.45, 2.75) is 23.0 Å². The van der Waals surface area contributed by atoms with Crippen LogP contribution in [-0.4, -0.2) is 0 Å². The molecule has 0 bridgehead atoms. The number of rotatable bonds is 8. The van der Waals surface area contributed by atoms with Gasteiger partial charge in [-0.05, 0) is 22.3 Å². The van der Waals surface area contributed by atoms with Crippen molar-refractivity contribution in [3.63, 3.8) is 0 Å². The fraction of sp³-hybridized carbons (Fsp3) is 0.400. The highest BCUT2D eigenvalue weighted by Gasteiger charge is 2.11. The molecule has 1 aromatic rings. The summed E-state index contributed by atoms with van der Waals surface area (Å²) in [6.45, 7) is 0. The highest BCUT2D eigenvalue weighted by Crippen LogP contribution is 2.32. The van der Waals surface area contributed by atoms with Gasteiger partial charge in [-0.25, -0.2) is 0 Å². The van der Waals surface area contributed by atoms with Crippen molar-refractivity contribution in [2.24, 2.45) is 0 Å². The van der Waals surface area contributed by atoms with Crippen LogP contribution < -0.4 is 0 Å². The van der Waals surface area contributed by atoms with E-state index in [0.717, 1.165) is 23.0 Å². The van der Waals surface area contributed by atoms with E-state index < -0.39 is 0 Å². The van der Waals surface area contributed by atoms with Crippen LogP contribution in [0.5, 0.6) is 0 Å². The summed E-state index contributed by atoms with van der Waals surface area (Å²) >= 11 is 17.1. The molecule has 0 N–H and O–H groups in total. The maximum absolute atomic E-state index is 4.28. The average Bonchev–Trinajstić information content (AvgIpc) is 2.34. The molecule has 0 unspecified atom stereocenters. The standard InChI is InChI=1S/C10H14S8/c11-15-3-7-1-8(4-16-12)10(6-18-14)9(2-7)5-17-13/h1-2,11-14H,3-6H2. The van der Waals surface area contributed by atoms with Crippen molar-refractivity contribution in [1.82, 2.24) is 0 Å². The van der Waals surface area contributed by atoms with E-state index in [1.54, 1.807) is 43.2 Å². The lowest BCUT2D eigenvalue weighted by Crippen LogP contribution is -1.99. The summed E-state index contributed by atoms with van der Waals surface area (Å²) in [5, 5.41) is 0. The van der Waals surface area contributed by atoms with Gasteiger partial charge in [-0.2, -0.15) is 0 Å². The van der Waals surface area contributed by atoms with E-state index in [1.807, 2.05) is 0 Å². The second kappa shape index (κ2) is 10.7. The van der Waals surface area contributed by atoms with E-state index in [1.165, 1.54) is 22.3 Å². The van der Waals surface area contributed by atoms with E-state index in [2.05, 4.69) is 58.8 Å². The minimum absolute atomic E-state index is 0.919. The summed E-state index contributed by atoms with van der Waals surface area (Å²) in [4.78, 5) is 0. The molecule has 0 aliphatic carbocycles.